The minimum absolute atomic E-state index is 0.0376. The number of alkyl halides is 3. The summed E-state index contributed by atoms with van der Waals surface area (Å²) in [6.07, 6.45) is -2.86. The van der Waals surface area contributed by atoms with Gasteiger partial charge in [-0.25, -0.2) is 4.98 Å². The Bertz CT molecular complexity index is 809. The Morgan fingerprint density at radius 1 is 1.27 bits per heavy atom. The molecule has 0 aliphatic rings. The molecule has 0 fully saturated rings. The Hall–Kier alpha value is -2.23. The van der Waals surface area contributed by atoms with Crippen LogP contribution in [0, 0.1) is 6.92 Å². The number of aromatic nitrogens is 5. The zero-order chi connectivity index (χ0) is 15.9. The van der Waals surface area contributed by atoms with Crippen molar-refractivity contribution in [1.82, 2.24) is 24.8 Å². The maximum atomic E-state index is 12.8. The van der Waals surface area contributed by atoms with Crippen LogP contribution in [0.4, 0.5) is 19.0 Å². The van der Waals surface area contributed by atoms with Gasteiger partial charge in [0.15, 0.2) is 5.65 Å². The van der Waals surface area contributed by atoms with Crippen molar-refractivity contribution >= 4 is 22.8 Å². The second-order valence-electron chi connectivity index (χ2n) is 4.69. The van der Waals surface area contributed by atoms with Crippen molar-refractivity contribution in [1.29, 1.82) is 0 Å². The number of nitrogens with zero attached hydrogens (tertiary/aromatic N) is 5. The van der Waals surface area contributed by atoms with Crippen LogP contribution >= 0.6 is 11.3 Å². The molecule has 3 rings (SSSR count). The van der Waals surface area contributed by atoms with Gasteiger partial charge in [-0.3, -0.25) is 0 Å². The van der Waals surface area contributed by atoms with Crippen molar-refractivity contribution in [2.24, 2.45) is 0 Å². The molecule has 0 saturated heterocycles. The third-order valence-electron chi connectivity index (χ3n) is 2.89. The molecule has 0 bridgehead atoms. The molecule has 0 amide bonds. The third kappa shape index (κ3) is 2.73. The third-order valence-corrected chi connectivity index (χ3v) is 3.99. The van der Waals surface area contributed by atoms with E-state index in [4.69, 9.17) is 0 Å². The van der Waals surface area contributed by atoms with Gasteiger partial charge in [-0.2, -0.15) is 17.7 Å². The first-order valence-electron chi connectivity index (χ1n) is 6.33. The van der Waals surface area contributed by atoms with E-state index in [1.807, 2.05) is 13.8 Å². The predicted molar refractivity (Wildman–Crippen MR) is 74.7 cm³/mol. The Kier molecular flexibility index (Phi) is 3.47. The molecule has 0 saturated carbocycles. The van der Waals surface area contributed by atoms with E-state index in [2.05, 4.69) is 25.6 Å². The molecule has 3 heterocycles. The summed E-state index contributed by atoms with van der Waals surface area (Å²) in [7, 11) is 0. The number of nitrogens with one attached hydrogen (secondary N) is 1. The summed E-state index contributed by atoms with van der Waals surface area (Å²) in [6, 6.07) is 2.81. The van der Waals surface area contributed by atoms with Gasteiger partial charge >= 0.3 is 6.18 Å². The van der Waals surface area contributed by atoms with Crippen LogP contribution < -0.4 is 5.32 Å². The summed E-state index contributed by atoms with van der Waals surface area (Å²) in [6.45, 7) is 3.80. The van der Waals surface area contributed by atoms with Crippen molar-refractivity contribution < 1.29 is 13.2 Å². The van der Waals surface area contributed by atoms with Gasteiger partial charge in [0.25, 0.3) is 5.82 Å². The highest BCUT2D eigenvalue weighted by Crippen LogP contribution is 2.28. The minimum atomic E-state index is -4.61. The molecule has 10 heteroatoms. The summed E-state index contributed by atoms with van der Waals surface area (Å²) in [5, 5.41) is 14.4. The highest BCUT2D eigenvalue weighted by molar-refractivity contribution is 7.11. The van der Waals surface area contributed by atoms with Gasteiger partial charge in [0.1, 0.15) is 10.8 Å². The van der Waals surface area contributed by atoms with E-state index < -0.39 is 12.0 Å². The maximum Gasteiger partial charge on any atom is 0.453 e. The summed E-state index contributed by atoms with van der Waals surface area (Å²) in [5.41, 5.74) is 0.0376. The normalized spacial score (nSPS) is 13.5. The molecule has 0 aliphatic heterocycles. The van der Waals surface area contributed by atoms with E-state index in [9.17, 15) is 13.2 Å². The molecule has 3 aromatic rings. The fourth-order valence-electron chi connectivity index (χ4n) is 1.90. The standard InChI is InChI=1S/C12H11F3N6S/c1-6-5-16-10(22-6)7(2)17-8-3-4-9-18-19-11(12(13,14)15)21(9)20-8/h3-5,7H,1-2H3,(H,17,20)/t7-/m1/s1. The molecule has 0 unspecified atom stereocenters. The molecule has 22 heavy (non-hydrogen) atoms. The Morgan fingerprint density at radius 2 is 2.05 bits per heavy atom. The lowest BCUT2D eigenvalue weighted by Crippen LogP contribution is -2.14. The van der Waals surface area contributed by atoms with E-state index in [1.54, 1.807) is 12.3 Å². The van der Waals surface area contributed by atoms with E-state index in [0.29, 0.717) is 4.52 Å². The first-order chi connectivity index (χ1) is 10.3. The first kappa shape index (κ1) is 14.7. The van der Waals surface area contributed by atoms with Gasteiger partial charge in [-0.05, 0) is 26.0 Å². The summed E-state index contributed by atoms with van der Waals surface area (Å²) >= 11 is 1.51. The van der Waals surface area contributed by atoms with Crippen molar-refractivity contribution in [2.45, 2.75) is 26.1 Å². The highest BCUT2D eigenvalue weighted by Gasteiger charge is 2.37. The number of hydrogen-bond donors (Lipinski definition) is 1. The average Bonchev–Trinajstić information content (AvgIpc) is 3.03. The van der Waals surface area contributed by atoms with Gasteiger partial charge in [0.05, 0.1) is 6.04 Å². The molecule has 0 aromatic carbocycles. The van der Waals surface area contributed by atoms with E-state index >= 15 is 0 Å². The lowest BCUT2D eigenvalue weighted by Gasteiger charge is -2.12. The Labute approximate surface area is 127 Å². The second-order valence-corrected chi connectivity index (χ2v) is 5.95. The first-order valence-corrected chi connectivity index (χ1v) is 7.15. The molecular formula is C12H11F3N6S. The lowest BCUT2D eigenvalue weighted by atomic mass is 10.3. The van der Waals surface area contributed by atoms with Crippen LogP contribution in [0.3, 0.4) is 0 Å². The monoisotopic (exact) mass is 328 g/mol. The fourth-order valence-corrected chi connectivity index (χ4v) is 2.67. The topological polar surface area (TPSA) is 68.0 Å². The van der Waals surface area contributed by atoms with Crippen LogP contribution in [-0.2, 0) is 6.18 Å². The summed E-state index contributed by atoms with van der Waals surface area (Å²) in [5.74, 6) is -0.859. The van der Waals surface area contributed by atoms with Crippen LogP contribution in [-0.4, -0.2) is 24.8 Å². The van der Waals surface area contributed by atoms with E-state index in [1.165, 1.54) is 17.4 Å². The molecule has 1 N–H and O–H groups in total. The minimum Gasteiger partial charge on any atom is -0.360 e. The number of aryl methyl sites for hydroxylation is 1. The summed E-state index contributed by atoms with van der Waals surface area (Å²) < 4.78 is 39.1. The number of fused-ring (bicyclic) bond motifs is 1. The molecule has 6 nitrogen and oxygen atoms in total. The predicted octanol–water partition coefficient (Wildman–Crippen LogP) is 3.08. The Balaban J connectivity index is 1.91. The van der Waals surface area contributed by atoms with Gasteiger partial charge in [-0.1, -0.05) is 0 Å². The van der Waals surface area contributed by atoms with Gasteiger partial charge in [0, 0.05) is 11.1 Å². The number of rotatable bonds is 3. The lowest BCUT2D eigenvalue weighted by molar-refractivity contribution is -0.146. The van der Waals surface area contributed by atoms with Crippen LogP contribution in [0.5, 0.6) is 0 Å². The van der Waals surface area contributed by atoms with Crippen molar-refractivity contribution in [3.63, 3.8) is 0 Å². The maximum absolute atomic E-state index is 12.8. The molecule has 0 radical (unpaired) electrons. The number of thiazole rings is 1. The number of anilines is 1. The average molecular weight is 328 g/mol. The van der Waals surface area contributed by atoms with Gasteiger partial charge in [-0.15, -0.1) is 26.6 Å². The number of halogens is 3. The molecule has 0 aliphatic carbocycles. The Morgan fingerprint density at radius 3 is 2.68 bits per heavy atom. The molecule has 3 aromatic heterocycles. The quantitative estimate of drug-likeness (QED) is 0.800. The fraction of sp³-hybridized carbons (Fsp3) is 0.333. The largest absolute Gasteiger partial charge is 0.453 e. The van der Waals surface area contributed by atoms with Gasteiger partial charge in [0.2, 0.25) is 0 Å². The zero-order valence-corrected chi connectivity index (χ0v) is 12.4. The van der Waals surface area contributed by atoms with Gasteiger partial charge < -0.3 is 5.32 Å². The smallest absolute Gasteiger partial charge is 0.360 e. The highest BCUT2D eigenvalue weighted by atomic mass is 32.1. The van der Waals surface area contributed by atoms with Crippen molar-refractivity contribution in [3.8, 4) is 0 Å². The van der Waals surface area contributed by atoms with Crippen molar-refractivity contribution in [3.05, 3.63) is 34.0 Å². The number of hydrogen-bond acceptors (Lipinski definition) is 6. The molecule has 116 valence electrons. The van der Waals surface area contributed by atoms with Crippen LogP contribution in [0.15, 0.2) is 18.3 Å². The second kappa shape index (κ2) is 5.20. The molecular weight excluding hydrogens is 317 g/mol. The molecule has 0 spiro atoms. The van der Waals surface area contributed by atoms with Crippen LogP contribution in [0.25, 0.3) is 5.65 Å². The van der Waals surface area contributed by atoms with Crippen LogP contribution in [0.1, 0.15) is 28.7 Å². The van der Waals surface area contributed by atoms with Crippen molar-refractivity contribution in [2.75, 3.05) is 5.32 Å². The zero-order valence-electron chi connectivity index (χ0n) is 11.6. The van der Waals surface area contributed by atoms with Crippen LogP contribution in [0.2, 0.25) is 0 Å². The summed E-state index contributed by atoms with van der Waals surface area (Å²) in [4.78, 5) is 5.30. The molecule has 1 atom stereocenters. The van der Waals surface area contributed by atoms with E-state index in [0.717, 1.165) is 9.88 Å². The SMILES string of the molecule is Cc1cnc([C@@H](C)Nc2ccc3nnc(C(F)(F)F)n3n2)s1. The van der Waals surface area contributed by atoms with E-state index in [-0.39, 0.29) is 17.5 Å².